The molecule has 0 atom stereocenters. The summed E-state index contributed by atoms with van der Waals surface area (Å²) < 4.78 is 31.2. The Morgan fingerprint density at radius 2 is 2.14 bits per heavy atom. The van der Waals surface area contributed by atoms with Crippen LogP contribution in [0, 0.1) is 11.8 Å². The van der Waals surface area contributed by atoms with E-state index in [-0.39, 0.29) is 11.5 Å². The summed E-state index contributed by atoms with van der Waals surface area (Å²) in [4.78, 5) is 0.206. The monoisotopic (exact) mass is 311 g/mol. The van der Waals surface area contributed by atoms with E-state index < -0.39 is 10.0 Å². The number of rotatable bonds is 7. The van der Waals surface area contributed by atoms with Crippen LogP contribution in [-0.2, 0) is 14.8 Å². The van der Waals surface area contributed by atoms with Crippen LogP contribution in [-0.4, -0.2) is 51.2 Å². The van der Waals surface area contributed by atoms with Gasteiger partial charge in [0.25, 0.3) is 0 Å². The molecule has 1 aromatic carbocycles. The summed E-state index contributed by atoms with van der Waals surface area (Å²) in [6, 6.07) is 6.48. The Morgan fingerprint density at radius 1 is 1.38 bits per heavy atom. The number of aliphatic hydroxyl groups excluding tert-OH is 1. The Morgan fingerprint density at radius 3 is 2.81 bits per heavy atom. The van der Waals surface area contributed by atoms with Crippen LogP contribution in [0.3, 0.4) is 0 Å². The predicted molar refractivity (Wildman–Crippen MR) is 81.3 cm³/mol. The Hall–Kier alpha value is -1.39. The molecule has 0 unspecified atom stereocenters. The van der Waals surface area contributed by atoms with E-state index in [0.717, 1.165) is 0 Å². The molecule has 5 nitrogen and oxygen atoms in total. The van der Waals surface area contributed by atoms with Gasteiger partial charge in [0.15, 0.2) is 0 Å². The van der Waals surface area contributed by atoms with Crippen LogP contribution >= 0.6 is 0 Å². The van der Waals surface area contributed by atoms with Crippen molar-refractivity contribution in [2.24, 2.45) is 0 Å². The number of hydrogen-bond donors (Lipinski definition) is 1. The number of ether oxygens (including phenoxy) is 1. The SMILES string of the molecule is CCOCCN(C)S(=O)(=O)c1cccc(C#CCCO)c1. The zero-order chi connectivity index (χ0) is 15.7. The molecule has 1 N–H and O–H groups in total. The van der Waals surface area contributed by atoms with E-state index >= 15 is 0 Å². The molecule has 116 valence electrons. The number of benzene rings is 1. The smallest absolute Gasteiger partial charge is 0.242 e. The minimum Gasteiger partial charge on any atom is -0.395 e. The van der Waals surface area contributed by atoms with Gasteiger partial charge >= 0.3 is 0 Å². The largest absolute Gasteiger partial charge is 0.395 e. The highest BCUT2D eigenvalue weighted by atomic mass is 32.2. The van der Waals surface area contributed by atoms with Crippen LogP contribution in [0.5, 0.6) is 0 Å². The summed E-state index contributed by atoms with van der Waals surface area (Å²) in [5, 5.41) is 8.69. The zero-order valence-electron chi connectivity index (χ0n) is 12.4. The molecule has 0 amide bonds. The van der Waals surface area contributed by atoms with Gasteiger partial charge in [-0.15, -0.1) is 0 Å². The normalized spacial score (nSPS) is 11.2. The Labute approximate surface area is 126 Å². The van der Waals surface area contributed by atoms with E-state index in [2.05, 4.69) is 11.8 Å². The Bertz CT molecular complexity index is 602. The van der Waals surface area contributed by atoms with Gasteiger partial charge in [-0.3, -0.25) is 0 Å². The lowest BCUT2D eigenvalue weighted by atomic mass is 10.2. The molecule has 0 aliphatic heterocycles. The van der Waals surface area contributed by atoms with E-state index in [0.29, 0.717) is 31.7 Å². The summed E-state index contributed by atoms with van der Waals surface area (Å²) >= 11 is 0. The first-order valence-electron chi connectivity index (χ1n) is 6.76. The van der Waals surface area contributed by atoms with Crippen molar-refractivity contribution < 1.29 is 18.3 Å². The van der Waals surface area contributed by atoms with Gasteiger partial charge in [0, 0.05) is 32.2 Å². The first-order chi connectivity index (χ1) is 10.0. The number of aliphatic hydroxyl groups is 1. The zero-order valence-corrected chi connectivity index (χ0v) is 13.2. The average Bonchev–Trinajstić information content (AvgIpc) is 2.48. The van der Waals surface area contributed by atoms with Crippen molar-refractivity contribution in [2.45, 2.75) is 18.2 Å². The molecule has 0 aliphatic rings. The summed E-state index contributed by atoms with van der Waals surface area (Å²) in [6.07, 6.45) is 0.366. The minimum atomic E-state index is -3.54. The standard InChI is InChI=1S/C15H21NO4S/c1-3-20-12-10-16(2)21(18,19)15-9-6-8-14(13-15)7-4-5-11-17/h6,8-9,13,17H,3,5,10-12H2,1-2H3. The molecule has 0 aromatic heterocycles. The Kier molecular flexibility index (Phi) is 7.40. The highest BCUT2D eigenvalue weighted by molar-refractivity contribution is 7.89. The van der Waals surface area contributed by atoms with Crippen molar-refractivity contribution in [1.29, 1.82) is 0 Å². The van der Waals surface area contributed by atoms with Crippen molar-refractivity contribution in [3.63, 3.8) is 0 Å². The molecule has 0 heterocycles. The minimum absolute atomic E-state index is 0.00877. The molecule has 1 aromatic rings. The second-order valence-corrected chi connectivity index (χ2v) is 6.37. The molecule has 21 heavy (non-hydrogen) atoms. The van der Waals surface area contributed by atoms with Gasteiger partial charge in [0.2, 0.25) is 10.0 Å². The number of sulfonamides is 1. The van der Waals surface area contributed by atoms with Crippen LogP contribution in [0.2, 0.25) is 0 Å². The van der Waals surface area contributed by atoms with Gasteiger partial charge in [0.1, 0.15) is 0 Å². The quantitative estimate of drug-likeness (QED) is 0.604. The second kappa shape index (κ2) is 8.80. The van der Waals surface area contributed by atoms with Gasteiger partial charge in [-0.05, 0) is 25.1 Å². The van der Waals surface area contributed by atoms with Gasteiger partial charge in [0.05, 0.1) is 18.1 Å². The summed E-state index contributed by atoms with van der Waals surface area (Å²) in [5.41, 5.74) is 0.614. The van der Waals surface area contributed by atoms with Crippen LogP contribution in [0.15, 0.2) is 29.2 Å². The Balaban J connectivity index is 2.88. The predicted octanol–water partition coefficient (Wildman–Crippen LogP) is 1.08. The molecule has 0 spiro atoms. The highest BCUT2D eigenvalue weighted by Gasteiger charge is 2.20. The number of hydrogen-bond acceptors (Lipinski definition) is 4. The fraction of sp³-hybridized carbons (Fsp3) is 0.467. The summed E-state index contributed by atoms with van der Waals surface area (Å²) in [6.45, 7) is 3.08. The molecule has 0 radical (unpaired) electrons. The van der Waals surface area contributed by atoms with Gasteiger partial charge < -0.3 is 9.84 Å². The van der Waals surface area contributed by atoms with Crippen molar-refractivity contribution in [3.8, 4) is 11.8 Å². The average molecular weight is 311 g/mol. The molecular weight excluding hydrogens is 290 g/mol. The first kappa shape index (κ1) is 17.7. The van der Waals surface area contributed by atoms with E-state index in [9.17, 15) is 8.42 Å². The summed E-state index contributed by atoms with van der Waals surface area (Å²) in [7, 11) is -2.01. The van der Waals surface area contributed by atoms with Crippen molar-refractivity contribution >= 4 is 10.0 Å². The summed E-state index contributed by atoms with van der Waals surface area (Å²) in [5.74, 6) is 5.60. The third-order valence-electron chi connectivity index (χ3n) is 2.77. The highest BCUT2D eigenvalue weighted by Crippen LogP contribution is 2.15. The first-order valence-corrected chi connectivity index (χ1v) is 8.20. The van der Waals surface area contributed by atoms with E-state index in [1.54, 1.807) is 18.2 Å². The molecular formula is C15H21NO4S. The van der Waals surface area contributed by atoms with Crippen LogP contribution in [0.25, 0.3) is 0 Å². The molecule has 0 fully saturated rings. The van der Waals surface area contributed by atoms with Gasteiger partial charge in [-0.2, -0.15) is 4.31 Å². The molecule has 0 aliphatic carbocycles. The van der Waals surface area contributed by atoms with Crippen LogP contribution in [0.1, 0.15) is 18.9 Å². The van der Waals surface area contributed by atoms with Crippen molar-refractivity contribution in [2.75, 3.05) is 33.4 Å². The second-order valence-electron chi connectivity index (χ2n) is 4.33. The maximum Gasteiger partial charge on any atom is 0.242 e. The molecule has 6 heteroatoms. The van der Waals surface area contributed by atoms with Crippen LogP contribution in [0.4, 0.5) is 0 Å². The topological polar surface area (TPSA) is 66.8 Å². The molecule has 0 saturated carbocycles. The maximum atomic E-state index is 12.4. The van der Waals surface area contributed by atoms with Crippen molar-refractivity contribution in [3.05, 3.63) is 29.8 Å². The molecule has 0 bridgehead atoms. The van der Waals surface area contributed by atoms with E-state index in [1.165, 1.54) is 17.4 Å². The van der Waals surface area contributed by atoms with Crippen molar-refractivity contribution in [1.82, 2.24) is 4.31 Å². The fourth-order valence-corrected chi connectivity index (χ4v) is 2.79. The van der Waals surface area contributed by atoms with E-state index in [4.69, 9.17) is 9.84 Å². The van der Waals surface area contributed by atoms with E-state index in [1.807, 2.05) is 6.92 Å². The van der Waals surface area contributed by atoms with Crippen LogP contribution < -0.4 is 0 Å². The number of nitrogens with zero attached hydrogens (tertiary/aromatic N) is 1. The maximum absolute atomic E-state index is 12.4. The fourth-order valence-electron chi connectivity index (χ4n) is 1.59. The lowest BCUT2D eigenvalue weighted by Gasteiger charge is -2.17. The lowest BCUT2D eigenvalue weighted by molar-refractivity contribution is 0.138. The third-order valence-corrected chi connectivity index (χ3v) is 4.62. The van der Waals surface area contributed by atoms with Gasteiger partial charge in [-0.25, -0.2) is 8.42 Å². The molecule has 1 rings (SSSR count). The number of likely N-dealkylation sites (N-methyl/N-ethyl adjacent to an activating group) is 1. The third kappa shape index (κ3) is 5.48. The molecule has 0 saturated heterocycles. The lowest BCUT2D eigenvalue weighted by Crippen LogP contribution is -2.30. The van der Waals surface area contributed by atoms with Gasteiger partial charge in [-0.1, -0.05) is 17.9 Å².